The summed E-state index contributed by atoms with van der Waals surface area (Å²) >= 11 is 0.987. The normalized spacial score (nSPS) is 10.9. The largest absolute Gasteiger partial charge is 0.462 e. The van der Waals surface area contributed by atoms with Crippen LogP contribution in [0, 0.1) is 21.7 Å². The van der Waals surface area contributed by atoms with Gasteiger partial charge in [0.25, 0.3) is 5.69 Å². The number of benzene rings is 2. The van der Waals surface area contributed by atoms with Crippen LogP contribution >= 0.6 is 11.3 Å². The highest BCUT2D eigenvalue weighted by atomic mass is 32.1. The number of rotatable bonds is 11. The molecule has 3 rings (SSSR count). The van der Waals surface area contributed by atoms with E-state index in [1.807, 2.05) is 0 Å². The second-order valence-corrected chi connectivity index (χ2v) is 9.76. The maximum absolute atomic E-state index is 14.7. The topological polar surface area (TPSA) is 102 Å². The number of nitro groups is 1. The number of esters is 1. The zero-order valence-corrected chi connectivity index (χ0v) is 22.8. The predicted molar refractivity (Wildman–Crippen MR) is 144 cm³/mol. The number of amides is 1. The third kappa shape index (κ3) is 6.95. The standard InChI is InChI=1S/C27H29F2N3O6S/c1-5-13-38-27(34)31(16-19-21(28)11-8-12-22(19)29)25-23(26(33)37-6-2)20(15-30(3)4)24(39-25)17-9-7-10-18(14-17)32(35)36/h7-12,14H,5-6,13,15-16H2,1-4H3. The van der Waals surface area contributed by atoms with Crippen LogP contribution in [-0.4, -0.2) is 49.2 Å². The van der Waals surface area contributed by atoms with Gasteiger partial charge in [-0.1, -0.05) is 25.1 Å². The maximum atomic E-state index is 14.7. The Kier molecular flexibility index (Phi) is 10.1. The van der Waals surface area contributed by atoms with Crippen molar-refractivity contribution in [3.63, 3.8) is 0 Å². The van der Waals surface area contributed by atoms with Gasteiger partial charge in [-0.2, -0.15) is 0 Å². The molecule has 0 N–H and O–H groups in total. The Morgan fingerprint density at radius 2 is 1.67 bits per heavy atom. The zero-order chi connectivity index (χ0) is 28.7. The van der Waals surface area contributed by atoms with E-state index in [1.165, 1.54) is 24.3 Å². The summed E-state index contributed by atoms with van der Waals surface area (Å²) < 4.78 is 40.0. The number of ether oxygens (including phenoxy) is 2. The fraction of sp³-hybridized carbons (Fsp3) is 0.333. The van der Waals surface area contributed by atoms with Gasteiger partial charge in [0.2, 0.25) is 0 Å². The summed E-state index contributed by atoms with van der Waals surface area (Å²) in [6.07, 6.45) is -0.415. The Hall–Kier alpha value is -3.90. The van der Waals surface area contributed by atoms with Crippen LogP contribution in [0.3, 0.4) is 0 Å². The molecule has 0 bridgehead atoms. The summed E-state index contributed by atoms with van der Waals surface area (Å²) in [4.78, 5) is 40.8. The molecule has 0 fully saturated rings. The highest BCUT2D eigenvalue weighted by Gasteiger charge is 2.33. The van der Waals surface area contributed by atoms with E-state index < -0.39 is 35.2 Å². The summed E-state index contributed by atoms with van der Waals surface area (Å²) in [5.74, 6) is -2.49. The highest BCUT2D eigenvalue weighted by Crippen LogP contribution is 2.44. The van der Waals surface area contributed by atoms with Crippen LogP contribution in [0.4, 0.5) is 24.3 Å². The molecule has 1 heterocycles. The highest BCUT2D eigenvalue weighted by molar-refractivity contribution is 7.20. The molecule has 39 heavy (non-hydrogen) atoms. The van der Waals surface area contributed by atoms with Gasteiger partial charge in [0.05, 0.1) is 30.2 Å². The monoisotopic (exact) mass is 561 g/mol. The van der Waals surface area contributed by atoms with Gasteiger partial charge in [-0.15, -0.1) is 11.3 Å². The molecule has 208 valence electrons. The van der Waals surface area contributed by atoms with Crippen LogP contribution in [0.2, 0.25) is 0 Å². The molecule has 12 heteroatoms. The van der Waals surface area contributed by atoms with E-state index in [9.17, 15) is 28.5 Å². The molecule has 0 radical (unpaired) electrons. The van der Waals surface area contributed by atoms with E-state index in [2.05, 4.69) is 0 Å². The third-order valence-electron chi connectivity index (χ3n) is 5.53. The number of nitro benzene ring substituents is 1. The summed E-state index contributed by atoms with van der Waals surface area (Å²) in [6, 6.07) is 9.20. The van der Waals surface area contributed by atoms with E-state index in [4.69, 9.17) is 9.47 Å². The molecule has 0 aliphatic carbocycles. The lowest BCUT2D eigenvalue weighted by molar-refractivity contribution is -0.384. The van der Waals surface area contributed by atoms with Gasteiger partial charge in [-0.05, 0) is 45.1 Å². The number of carbonyl (C=O) groups is 2. The SMILES string of the molecule is CCCOC(=O)N(Cc1c(F)cccc1F)c1sc(-c2cccc([N+](=O)[O-])c2)c(CN(C)C)c1C(=O)OCC. The average Bonchev–Trinajstić information content (AvgIpc) is 3.25. The lowest BCUT2D eigenvalue weighted by atomic mass is 10.0. The molecule has 3 aromatic rings. The molecular weight excluding hydrogens is 532 g/mol. The molecule has 0 aliphatic rings. The third-order valence-corrected chi connectivity index (χ3v) is 6.84. The first-order chi connectivity index (χ1) is 18.6. The van der Waals surface area contributed by atoms with Crippen molar-refractivity contribution in [2.75, 3.05) is 32.2 Å². The molecule has 0 saturated carbocycles. The summed E-state index contributed by atoms with van der Waals surface area (Å²) in [6.45, 7) is 3.12. The number of hydrogen-bond donors (Lipinski definition) is 0. The molecule has 0 aliphatic heterocycles. The van der Waals surface area contributed by atoms with E-state index in [0.29, 0.717) is 22.4 Å². The Morgan fingerprint density at radius 3 is 2.26 bits per heavy atom. The van der Waals surface area contributed by atoms with Crippen LogP contribution in [0.25, 0.3) is 10.4 Å². The first-order valence-corrected chi connectivity index (χ1v) is 13.0. The molecule has 2 aromatic carbocycles. The average molecular weight is 562 g/mol. The van der Waals surface area contributed by atoms with E-state index in [1.54, 1.807) is 38.9 Å². The smallest absolute Gasteiger partial charge is 0.415 e. The van der Waals surface area contributed by atoms with Gasteiger partial charge in [0.1, 0.15) is 16.6 Å². The fourth-order valence-corrected chi connectivity index (χ4v) is 5.13. The van der Waals surface area contributed by atoms with Gasteiger partial charge in [0.15, 0.2) is 0 Å². The second-order valence-electron chi connectivity index (χ2n) is 8.76. The van der Waals surface area contributed by atoms with Gasteiger partial charge in [0, 0.05) is 34.7 Å². The molecule has 0 unspecified atom stereocenters. The predicted octanol–water partition coefficient (Wildman–Crippen LogP) is 6.39. The first-order valence-electron chi connectivity index (χ1n) is 12.2. The Morgan fingerprint density at radius 1 is 1.00 bits per heavy atom. The number of thiophene rings is 1. The van der Waals surface area contributed by atoms with Crippen LogP contribution in [-0.2, 0) is 22.6 Å². The van der Waals surface area contributed by atoms with Gasteiger partial charge in [-0.25, -0.2) is 18.4 Å². The van der Waals surface area contributed by atoms with E-state index in [0.717, 1.165) is 28.4 Å². The minimum Gasteiger partial charge on any atom is -0.462 e. The van der Waals surface area contributed by atoms with Gasteiger partial charge >= 0.3 is 12.1 Å². The zero-order valence-electron chi connectivity index (χ0n) is 22.0. The van der Waals surface area contributed by atoms with Crippen LogP contribution < -0.4 is 4.90 Å². The van der Waals surface area contributed by atoms with Crippen molar-refractivity contribution in [2.24, 2.45) is 0 Å². The van der Waals surface area contributed by atoms with E-state index in [-0.39, 0.29) is 41.6 Å². The van der Waals surface area contributed by atoms with Crippen LogP contribution in [0.1, 0.15) is 41.8 Å². The van der Waals surface area contributed by atoms with E-state index >= 15 is 0 Å². The van der Waals surface area contributed by atoms with Crippen molar-refractivity contribution >= 4 is 34.1 Å². The van der Waals surface area contributed by atoms with Gasteiger partial charge in [-0.3, -0.25) is 15.0 Å². The van der Waals surface area contributed by atoms with Crippen molar-refractivity contribution < 1.29 is 32.8 Å². The Labute approximate surface area is 228 Å². The molecule has 1 aromatic heterocycles. The lowest BCUT2D eigenvalue weighted by Crippen LogP contribution is -2.33. The van der Waals surface area contributed by atoms with Crippen molar-refractivity contribution in [1.29, 1.82) is 0 Å². The summed E-state index contributed by atoms with van der Waals surface area (Å²) in [7, 11) is 3.54. The summed E-state index contributed by atoms with van der Waals surface area (Å²) in [5.41, 5.74) is 0.342. The number of nitrogens with zero attached hydrogens (tertiary/aromatic N) is 3. The number of carbonyl (C=O) groups excluding carboxylic acids is 2. The summed E-state index contributed by atoms with van der Waals surface area (Å²) in [5, 5.41) is 11.5. The second kappa shape index (κ2) is 13.3. The number of anilines is 1. The molecule has 0 saturated heterocycles. The first kappa shape index (κ1) is 29.7. The van der Waals surface area contributed by atoms with Crippen molar-refractivity contribution in [2.45, 2.75) is 33.4 Å². The molecular formula is C27H29F2N3O6S. The lowest BCUT2D eigenvalue weighted by Gasteiger charge is -2.23. The Bertz CT molecular complexity index is 1340. The minimum absolute atomic E-state index is 0.0160. The molecule has 1 amide bonds. The molecule has 9 nitrogen and oxygen atoms in total. The quantitative estimate of drug-likeness (QED) is 0.152. The van der Waals surface area contributed by atoms with Crippen LogP contribution in [0.15, 0.2) is 42.5 Å². The maximum Gasteiger partial charge on any atom is 0.415 e. The van der Waals surface area contributed by atoms with Crippen molar-refractivity contribution in [1.82, 2.24) is 4.90 Å². The minimum atomic E-state index is -0.909. The fourth-order valence-electron chi connectivity index (χ4n) is 3.84. The van der Waals surface area contributed by atoms with Crippen LogP contribution in [0.5, 0.6) is 0 Å². The molecule has 0 spiro atoms. The van der Waals surface area contributed by atoms with Crippen molar-refractivity contribution in [3.8, 4) is 10.4 Å². The number of hydrogen-bond acceptors (Lipinski definition) is 8. The van der Waals surface area contributed by atoms with Gasteiger partial charge < -0.3 is 14.4 Å². The number of halogens is 2. The molecule has 0 atom stereocenters. The van der Waals surface area contributed by atoms with Crippen molar-refractivity contribution in [3.05, 3.63) is 80.9 Å². The number of non-ortho nitro benzene ring substituents is 1. The Balaban J connectivity index is 2.33.